The molecule has 0 saturated heterocycles. The van der Waals surface area contributed by atoms with Gasteiger partial charge in [0.05, 0.1) is 5.52 Å². The fourth-order valence-corrected chi connectivity index (χ4v) is 2.46. The van der Waals surface area contributed by atoms with Crippen LogP contribution in [0.3, 0.4) is 0 Å². The Balaban J connectivity index is 2.02. The van der Waals surface area contributed by atoms with Crippen LogP contribution < -0.4 is 10.7 Å². The zero-order valence-corrected chi connectivity index (χ0v) is 13.3. The van der Waals surface area contributed by atoms with E-state index in [1.165, 1.54) is 4.68 Å². The number of aromatic nitrogens is 2. The van der Waals surface area contributed by atoms with E-state index in [1.807, 2.05) is 18.2 Å². The molecule has 0 unspecified atom stereocenters. The molecule has 3 rings (SSSR count). The van der Waals surface area contributed by atoms with Crippen molar-refractivity contribution >= 4 is 38.4 Å². The van der Waals surface area contributed by atoms with Gasteiger partial charge in [0.2, 0.25) is 5.43 Å². The number of benzene rings is 2. The van der Waals surface area contributed by atoms with E-state index in [1.54, 1.807) is 37.4 Å². The van der Waals surface area contributed by atoms with Gasteiger partial charge in [0.1, 0.15) is 0 Å². The van der Waals surface area contributed by atoms with Crippen molar-refractivity contribution in [3.63, 3.8) is 0 Å². The minimum absolute atomic E-state index is 0.121. The topological polar surface area (TPSA) is 64.0 Å². The lowest BCUT2D eigenvalue weighted by Gasteiger charge is -2.08. The van der Waals surface area contributed by atoms with Crippen molar-refractivity contribution in [1.82, 2.24) is 9.78 Å². The lowest BCUT2D eigenvalue weighted by Crippen LogP contribution is -2.26. The first-order valence-corrected chi connectivity index (χ1v) is 7.38. The summed E-state index contributed by atoms with van der Waals surface area (Å²) in [5.41, 5.74) is 0.797. The van der Waals surface area contributed by atoms with Gasteiger partial charge >= 0.3 is 0 Å². The fourth-order valence-electron chi connectivity index (χ4n) is 2.20. The predicted octanol–water partition coefficient (Wildman–Crippen LogP) is 2.95. The van der Waals surface area contributed by atoms with Gasteiger partial charge in [0.15, 0.2) is 5.69 Å². The standard InChI is InChI=1S/C16H12BrN3O2/c1-20-13-5-3-2-4-12(13)15(21)14(19-20)16(22)18-11-8-6-10(17)7-9-11/h2-9H,1H3,(H,18,22). The first-order valence-electron chi connectivity index (χ1n) is 6.59. The van der Waals surface area contributed by atoms with E-state index in [-0.39, 0.29) is 11.1 Å². The minimum atomic E-state index is -0.520. The van der Waals surface area contributed by atoms with Crippen LogP contribution in [0, 0.1) is 0 Å². The summed E-state index contributed by atoms with van der Waals surface area (Å²) in [7, 11) is 1.71. The van der Waals surface area contributed by atoms with E-state index in [0.29, 0.717) is 16.6 Å². The molecule has 2 aromatic carbocycles. The van der Waals surface area contributed by atoms with E-state index in [4.69, 9.17) is 0 Å². The van der Waals surface area contributed by atoms with Gasteiger partial charge in [-0.25, -0.2) is 0 Å². The lowest BCUT2D eigenvalue weighted by atomic mass is 10.2. The molecule has 0 fully saturated rings. The highest BCUT2D eigenvalue weighted by Crippen LogP contribution is 2.15. The fraction of sp³-hybridized carbons (Fsp3) is 0.0625. The number of hydrogen-bond acceptors (Lipinski definition) is 3. The smallest absolute Gasteiger partial charge is 0.280 e. The first-order chi connectivity index (χ1) is 10.6. The second-order valence-corrected chi connectivity index (χ2v) is 5.70. The lowest BCUT2D eigenvalue weighted by molar-refractivity contribution is 0.101. The van der Waals surface area contributed by atoms with Crippen LogP contribution in [0.1, 0.15) is 10.5 Å². The molecule has 0 aliphatic rings. The summed E-state index contributed by atoms with van der Waals surface area (Å²) in [6.07, 6.45) is 0. The number of hydrogen-bond donors (Lipinski definition) is 1. The number of fused-ring (bicyclic) bond motifs is 1. The molecular formula is C16H12BrN3O2. The van der Waals surface area contributed by atoms with Crippen LogP contribution >= 0.6 is 15.9 Å². The molecule has 0 spiro atoms. The Bertz CT molecular complexity index is 917. The van der Waals surface area contributed by atoms with Crippen LogP contribution in [-0.2, 0) is 7.05 Å². The zero-order chi connectivity index (χ0) is 15.7. The number of amides is 1. The third-order valence-electron chi connectivity index (χ3n) is 3.28. The van der Waals surface area contributed by atoms with Crippen LogP contribution in [0.4, 0.5) is 5.69 Å². The number of anilines is 1. The van der Waals surface area contributed by atoms with Gasteiger partial charge in [0.25, 0.3) is 5.91 Å². The number of rotatable bonds is 2. The Labute approximate surface area is 134 Å². The summed E-state index contributed by atoms with van der Waals surface area (Å²) in [6, 6.07) is 14.2. The van der Waals surface area contributed by atoms with Crippen molar-refractivity contribution in [2.75, 3.05) is 5.32 Å². The maximum atomic E-state index is 12.4. The Morgan fingerprint density at radius 2 is 1.82 bits per heavy atom. The molecule has 1 aromatic heterocycles. The number of aryl methyl sites for hydroxylation is 1. The average Bonchev–Trinajstić information content (AvgIpc) is 2.53. The normalized spacial score (nSPS) is 10.6. The van der Waals surface area contributed by atoms with Gasteiger partial charge < -0.3 is 5.32 Å². The van der Waals surface area contributed by atoms with Crippen LogP contribution in [-0.4, -0.2) is 15.7 Å². The summed E-state index contributed by atoms with van der Waals surface area (Å²) >= 11 is 3.33. The molecule has 5 nitrogen and oxygen atoms in total. The molecule has 3 aromatic rings. The number of nitrogens with one attached hydrogen (secondary N) is 1. The number of halogens is 1. The van der Waals surface area contributed by atoms with Crippen LogP contribution in [0.5, 0.6) is 0 Å². The molecule has 0 atom stereocenters. The Morgan fingerprint density at radius 3 is 2.55 bits per heavy atom. The zero-order valence-electron chi connectivity index (χ0n) is 11.7. The number of carbonyl (C=O) groups is 1. The summed E-state index contributed by atoms with van der Waals surface area (Å²) in [5, 5.41) is 7.25. The van der Waals surface area contributed by atoms with Gasteiger partial charge in [-0.3, -0.25) is 14.3 Å². The molecule has 6 heteroatoms. The SMILES string of the molecule is Cn1nc(C(=O)Nc2ccc(Br)cc2)c(=O)c2ccccc21. The number of nitrogens with zero attached hydrogens (tertiary/aromatic N) is 2. The summed E-state index contributed by atoms with van der Waals surface area (Å²) in [5.74, 6) is -0.520. The average molecular weight is 358 g/mol. The summed E-state index contributed by atoms with van der Waals surface area (Å²) in [6.45, 7) is 0. The molecule has 1 amide bonds. The maximum Gasteiger partial charge on any atom is 0.280 e. The summed E-state index contributed by atoms with van der Waals surface area (Å²) in [4.78, 5) is 24.7. The van der Waals surface area contributed by atoms with Gasteiger partial charge in [-0.15, -0.1) is 0 Å². The van der Waals surface area contributed by atoms with Crippen molar-refractivity contribution in [3.8, 4) is 0 Å². The van der Waals surface area contributed by atoms with Crippen LogP contribution in [0.25, 0.3) is 10.9 Å². The van der Waals surface area contributed by atoms with Crippen molar-refractivity contribution < 1.29 is 4.79 Å². The highest BCUT2D eigenvalue weighted by atomic mass is 79.9. The van der Waals surface area contributed by atoms with Crippen LogP contribution in [0.15, 0.2) is 57.8 Å². The van der Waals surface area contributed by atoms with E-state index in [0.717, 1.165) is 4.47 Å². The van der Waals surface area contributed by atoms with Gasteiger partial charge in [-0.05, 0) is 36.4 Å². The van der Waals surface area contributed by atoms with Gasteiger partial charge in [-0.2, -0.15) is 5.10 Å². The van der Waals surface area contributed by atoms with Crippen molar-refractivity contribution in [2.45, 2.75) is 0 Å². The third-order valence-corrected chi connectivity index (χ3v) is 3.81. The van der Waals surface area contributed by atoms with E-state index >= 15 is 0 Å². The minimum Gasteiger partial charge on any atom is -0.320 e. The molecular weight excluding hydrogens is 346 g/mol. The predicted molar refractivity (Wildman–Crippen MR) is 89.1 cm³/mol. The highest BCUT2D eigenvalue weighted by Gasteiger charge is 2.16. The Hall–Kier alpha value is -2.47. The van der Waals surface area contributed by atoms with Crippen molar-refractivity contribution in [2.24, 2.45) is 7.05 Å². The second kappa shape index (κ2) is 5.73. The monoisotopic (exact) mass is 357 g/mol. The molecule has 1 heterocycles. The molecule has 22 heavy (non-hydrogen) atoms. The molecule has 0 radical (unpaired) electrons. The third kappa shape index (κ3) is 2.65. The summed E-state index contributed by atoms with van der Waals surface area (Å²) < 4.78 is 2.44. The highest BCUT2D eigenvalue weighted by molar-refractivity contribution is 9.10. The molecule has 0 aliphatic heterocycles. The Kier molecular flexibility index (Phi) is 3.77. The molecule has 0 saturated carbocycles. The largest absolute Gasteiger partial charge is 0.320 e. The molecule has 0 bridgehead atoms. The molecule has 1 N–H and O–H groups in total. The number of para-hydroxylation sites is 1. The Morgan fingerprint density at radius 1 is 1.14 bits per heavy atom. The number of carbonyl (C=O) groups excluding carboxylic acids is 1. The second-order valence-electron chi connectivity index (χ2n) is 4.78. The molecule has 0 aliphatic carbocycles. The van der Waals surface area contributed by atoms with Crippen molar-refractivity contribution in [1.29, 1.82) is 0 Å². The van der Waals surface area contributed by atoms with E-state index < -0.39 is 5.91 Å². The maximum absolute atomic E-state index is 12.4. The van der Waals surface area contributed by atoms with Gasteiger partial charge in [-0.1, -0.05) is 28.1 Å². The first kappa shape index (κ1) is 14.5. The van der Waals surface area contributed by atoms with Crippen LogP contribution in [0.2, 0.25) is 0 Å². The molecule has 110 valence electrons. The van der Waals surface area contributed by atoms with E-state index in [9.17, 15) is 9.59 Å². The quantitative estimate of drug-likeness (QED) is 0.766. The van der Waals surface area contributed by atoms with Gasteiger partial charge in [0, 0.05) is 22.6 Å². The van der Waals surface area contributed by atoms with Crippen molar-refractivity contribution in [3.05, 3.63) is 68.9 Å². The van der Waals surface area contributed by atoms with E-state index in [2.05, 4.69) is 26.3 Å².